The number of carbonyl (C=O) groups is 4. The first-order chi connectivity index (χ1) is 21.5. The highest BCUT2D eigenvalue weighted by Gasteiger charge is 2.33. The van der Waals surface area contributed by atoms with Crippen molar-refractivity contribution < 1.29 is 42.9 Å². The van der Waals surface area contributed by atoms with Crippen LogP contribution >= 0.6 is 0 Å². The minimum Gasteiger partial charge on any atom is -0.378 e. The highest BCUT2D eigenvalue weighted by molar-refractivity contribution is 5.97. The molecule has 2 aromatic rings. The first kappa shape index (κ1) is 34.6. The zero-order chi connectivity index (χ0) is 31.3. The standard InChI is InChI=1S/C31H42N4O9/c36-27(19-32-29(38)25-7-3-1-4-8-25)34-21-31(22-35-28(37)20-33-30(39)26-9-5-2-6-10-26)23-43-17-15-41-13-11-40-12-14-42-16-18-44-24-31/h1-10H,11-24H2,(H,32,38)(H,33,39)(H,34,36)(H,35,37). The van der Waals surface area contributed by atoms with Crippen LogP contribution in [0.25, 0.3) is 0 Å². The van der Waals surface area contributed by atoms with E-state index in [1.54, 1.807) is 60.7 Å². The van der Waals surface area contributed by atoms with E-state index in [4.69, 9.17) is 23.7 Å². The van der Waals surface area contributed by atoms with Crippen molar-refractivity contribution in [2.24, 2.45) is 5.41 Å². The van der Waals surface area contributed by atoms with Crippen LogP contribution < -0.4 is 21.3 Å². The summed E-state index contributed by atoms with van der Waals surface area (Å²) in [7, 11) is 0. The molecular weight excluding hydrogens is 572 g/mol. The largest absolute Gasteiger partial charge is 0.378 e. The Bertz CT molecular complexity index is 1060. The van der Waals surface area contributed by atoms with E-state index < -0.39 is 17.2 Å². The van der Waals surface area contributed by atoms with Crippen molar-refractivity contribution in [2.45, 2.75) is 0 Å². The Labute approximate surface area is 257 Å². The number of carbonyl (C=O) groups excluding carboxylic acids is 4. The molecule has 1 heterocycles. The first-order valence-electron chi connectivity index (χ1n) is 14.6. The van der Waals surface area contributed by atoms with Crippen LogP contribution in [0, 0.1) is 5.41 Å². The molecule has 3 rings (SSSR count). The molecular formula is C31H42N4O9. The smallest absolute Gasteiger partial charge is 0.251 e. The molecule has 0 atom stereocenters. The Balaban J connectivity index is 1.61. The summed E-state index contributed by atoms with van der Waals surface area (Å²) in [6.45, 7) is 2.76. The number of nitrogens with one attached hydrogen (secondary N) is 4. The molecule has 1 aliphatic heterocycles. The average molecular weight is 615 g/mol. The molecule has 0 saturated carbocycles. The molecule has 13 heteroatoms. The van der Waals surface area contributed by atoms with E-state index in [1.807, 2.05) is 0 Å². The summed E-state index contributed by atoms with van der Waals surface area (Å²) in [5.41, 5.74) is -0.0124. The number of ether oxygens (including phenoxy) is 5. The van der Waals surface area contributed by atoms with Crippen LogP contribution in [0.2, 0.25) is 0 Å². The van der Waals surface area contributed by atoms with Gasteiger partial charge < -0.3 is 45.0 Å². The first-order valence-corrected chi connectivity index (χ1v) is 14.6. The molecule has 4 N–H and O–H groups in total. The fourth-order valence-corrected chi connectivity index (χ4v) is 4.06. The van der Waals surface area contributed by atoms with E-state index in [9.17, 15) is 19.2 Å². The lowest BCUT2D eigenvalue weighted by molar-refractivity contribution is -0.122. The topological polar surface area (TPSA) is 163 Å². The Morgan fingerprint density at radius 2 is 0.841 bits per heavy atom. The summed E-state index contributed by atoms with van der Waals surface area (Å²) in [5, 5.41) is 10.9. The molecule has 0 spiro atoms. The van der Waals surface area contributed by atoms with Gasteiger partial charge in [-0.15, -0.1) is 0 Å². The van der Waals surface area contributed by atoms with E-state index >= 15 is 0 Å². The van der Waals surface area contributed by atoms with Gasteiger partial charge in [-0.1, -0.05) is 36.4 Å². The van der Waals surface area contributed by atoms with E-state index in [0.29, 0.717) is 50.8 Å². The van der Waals surface area contributed by atoms with Crippen molar-refractivity contribution in [3.63, 3.8) is 0 Å². The SMILES string of the molecule is O=C(CNC(=O)c1ccccc1)NCC1(CNC(=O)CNC(=O)c2ccccc2)COCCOCCOCCOCCOC1. The fourth-order valence-electron chi connectivity index (χ4n) is 4.06. The van der Waals surface area contributed by atoms with Crippen molar-refractivity contribution in [1.29, 1.82) is 0 Å². The van der Waals surface area contributed by atoms with Gasteiger partial charge in [0.15, 0.2) is 0 Å². The number of amides is 4. The maximum atomic E-state index is 12.8. The van der Waals surface area contributed by atoms with E-state index in [1.165, 1.54) is 0 Å². The molecule has 44 heavy (non-hydrogen) atoms. The minimum atomic E-state index is -0.890. The van der Waals surface area contributed by atoms with Crippen LogP contribution in [0.15, 0.2) is 60.7 Å². The fraction of sp³-hybridized carbons (Fsp3) is 0.484. The van der Waals surface area contributed by atoms with Gasteiger partial charge >= 0.3 is 0 Å². The van der Waals surface area contributed by atoms with Gasteiger partial charge in [0.05, 0.1) is 84.6 Å². The maximum absolute atomic E-state index is 12.8. The van der Waals surface area contributed by atoms with Crippen LogP contribution in [-0.2, 0) is 33.3 Å². The molecule has 13 nitrogen and oxygen atoms in total. The predicted molar refractivity (Wildman–Crippen MR) is 160 cm³/mol. The zero-order valence-corrected chi connectivity index (χ0v) is 24.8. The zero-order valence-electron chi connectivity index (χ0n) is 24.8. The van der Waals surface area contributed by atoms with Gasteiger partial charge in [-0.2, -0.15) is 0 Å². The Kier molecular flexibility index (Phi) is 15.8. The third-order valence-electron chi connectivity index (χ3n) is 6.52. The quantitative estimate of drug-likeness (QED) is 0.292. The molecule has 0 unspecified atom stereocenters. The average Bonchev–Trinajstić information content (AvgIpc) is 3.05. The minimum absolute atomic E-state index is 0.0687. The van der Waals surface area contributed by atoms with Crippen LogP contribution in [0.4, 0.5) is 0 Å². The highest BCUT2D eigenvalue weighted by Crippen LogP contribution is 2.18. The molecule has 0 bridgehead atoms. The van der Waals surface area contributed by atoms with E-state index in [2.05, 4.69) is 21.3 Å². The van der Waals surface area contributed by atoms with Crippen LogP contribution in [-0.4, -0.2) is 116 Å². The number of hydrogen-bond acceptors (Lipinski definition) is 9. The maximum Gasteiger partial charge on any atom is 0.251 e. The number of hydrogen-bond donors (Lipinski definition) is 4. The van der Waals surface area contributed by atoms with Gasteiger partial charge in [0.25, 0.3) is 11.8 Å². The summed E-state index contributed by atoms with van der Waals surface area (Å²) in [5.74, 6) is -1.59. The second-order valence-electron chi connectivity index (χ2n) is 10.1. The third-order valence-corrected chi connectivity index (χ3v) is 6.52. The van der Waals surface area contributed by atoms with E-state index in [0.717, 1.165) is 0 Å². The second-order valence-corrected chi connectivity index (χ2v) is 10.1. The van der Waals surface area contributed by atoms with Crippen molar-refractivity contribution in [3.8, 4) is 0 Å². The molecule has 0 radical (unpaired) electrons. The molecule has 240 valence electrons. The summed E-state index contributed by atoms with van der Waals surface area (Å²) in [6.07, 6.45) is 0. The van der Waals surface area contributed by atoms with Crippen molar-refractivity contribution >= 4 is 23.6 Å². The van der Waals surface area contributed by atoms with Crippen LogP contribution in [0.1, 0.15) is 20.7 Å². The molecule has 0 aliphatic carbocycles. The van der Waals surface area contributed by atoms with Gasteiger partial charge in [-0.3, -0.25) is 19.2 Å². The van der Waals surface area contributed by atoms with Gasteiger partial charge in [0.2, 0.25) is 11.8 Å². The molecule has 1 saturated heterocycles. The van der Waals surface area contributed by atoms with Crippen molar-refractivity contribution in [1.82, 2.24) is 21.3 Å². The van der Waals surface area contributed by atoms with Crippen LogP contribution in [0.3, 0.4) is 0 Å². The van der Waals surface area contributed by atoms with Gasteiger partial charge in [0.1, 0.15) is 0 Å². The monoisotopic (exact) mass is 614 g/mol. The van der Waals surface area contributed by atoms with Crippen LogP contribution in [0.5, 0.6) is 0 Å². The van der Waals surface area contributed by atoms with Crippen molar-refractivity contribution in [2.75, 3.05) is 92.2 Å². The lowest BCUT2D eigenvalue weighted by Crippen LogP contribution is -2.53. The lowest BCUT2D eigenvalue weighted by Gasteiger charge is -2.34. The number of rotatable bonds is 10. The highest BCUT2D eigenvalue weighted by atomic mass is 16.6. The predicted octanol–water partition coefficient (Wildman–Crippen LogP) is 0.162. The van der Waals surface area contributed by atoms with Crippen molar-refractivity contribution in [3.05, 3.63) is 71.8 Å². The molecule has 0 aromatic heterocycles. The summed E-state index contributed by atoms with van der Waals surface area (Å²) in [4.78, 5) is 50.2. The Morgan fingerprint density at radius 1 is 0.500 bits per heavy atom. The number of benzene rings is 2. The molecule has 4 amide bonds. The second kappa shape index (κ2) is 20.1. The summed E-state index contributed by atoms with van der Waals surface area (Å²) >= 11 is 0. The Hall–Kier alpha value is -3.88. The Morgan fingerprint density at radius 3 is 1.20 bits per heavy atom. The van der Waals surface area contributed by atoms with Gasteiger partial charge in [-0.25, -0.2) is 0 Å². The summed E-state index contributed by atoms with van der Waals surface area (Å²) in [6, 6.07) is 17.2. The lowest BCUT2D eigenvalue weighted by atomic mass is 9.89. The van der Waals surface area contributed by atoms with E-state index in [-0.39, 0.29) is 64.4 Å². The summed E-state index contributed by atoms with van der Waals surface area (Å²) < 4.78 is 28.3. The van der Waals surface area contributed by atoms with Gasteiger partial charge in [0, 0.05) is 24.2 Å². The normalized spacial score (nSPS) is 16.6. The molecule has 1 aliphatic rings. The molecule has 2 aromatic carbocycles. The van der Waals surface area contributed by atoms with Gasteiger partial charge in [-0.05, 0) is 24.3 Å². The third kappa shape index (κ3) is 13.6. The molecule has 1 fully saturated rings.